The fourth-order valence-corrected chi connectivity index (χ4v) is 3.33. The lowest BCUT2D eigenvalue weighted by Gasteiger charge is -2.10. The standard InChI is InChI=1S/C24H25N5O4/c1-16-12-17(2)14-20(13-16)33-15-22(30)25-10-11-32-23-9-8-21-26-27-24(29(21)28-23)18-4-6-19(31-3)7-5-18/h4-9,12-14H,10-11,15H2,1-3H3,(H,25,30). The Morgan fingerprint density at radius 2 is 1.70 bits per heavy atom. The Labute approximate surface area is 191 Å². The lowest BCUT2D eigenvalue weighted by atomic mass is 10.1. The molecule has 0 aliphatic rings. The van der Waals surface area contributed by atoms with Gasteiger partial charge in [-0.1, -0.05) is 6.07 Å². The molecule has 0 fully saturated rings. The number of ether oxygens (including phenoxy) is 3. The number of methoxy groups -OCH3 is 1. The zero-order valence-electron chi connectivity index (χ0n) is 18.7. The van der Waals surface area contributed by atoms with Crippen molar-refractivity contribution in [2.75, 3.05) is 26.9 Å². The topological polar surface area (TPSA) is 99.9 Å². The van der Waals surface area contributed by atoms with Crippen molar-refractivity contribution in [1.82, 2.24) is 25.1 Å². The van der Waals surface area contributed by atoms with Gasteiger partial charge in [-0.05, 0) is 67.4 Å². The molecule has 9 nitrogen and oxygen atoms in total. The number of hydrogen-bond donors (Lipinski definition) is 1. The monoisotopic (exact) mass is 447 g/mol. The molecule has 2 heterocycles. The molecule has 2 aromatic heterocycles. The number of aromatic nitrogens is 4. The fraction of sp³-hybridized carbons (Fsp3) is 0.250. The Morgan fingerprint density at radius 1 is 0.939 bits per heavy atom. The van der Waals surface area contributed by atoms with Crippen molar-refractivity contribution in [1.29, 1.82) is 0 Å². The number of carbonyl (C=O) groups excluding carboxylic acids is 1. The van der Waals surface area contributed by atoms with E-state index < -0.39 is 0 Å². The first-order valence-electron chi connectivity index (χ1n) is 10.5. The van der Waals surface area contributed by atoms with Crippen LogP contribution < -0.4 is 19.5 Å². The third-order valence-electron chi connectivity index (χ3n) is 4.83. The molecule has 33 heavy (non-hydrogen) atoms. The van der Waals surface area contributed by atoms with Gasteiger partial charge in [-0.25, -0.2) is 0 Å². The average Bonchev–Trinajstić information content (AvgIpc) is 3.23. The molecule has 4 aromatic rings. The van der Waals surface area contributed by atoms with Crippen LogP contribution in [0.15, 0.2) is 54.6 Å². The molecule has 1 N–H and O–H groups in total. The van der Waals surface area contributed by atoms with Gasteiger partial charge in [0.05, 0.1) is 13.7 Å². The molecule has 1 amide bonds. The lowest BCUT2D eigenvalue weighted by Crippen LogP contribution is -2.32. The molecule has 0 aliphatic carbocycles. The third kappa shape index (κ3) is 5.57. The molecule has 0 atom stereocenters. The predicted molar refractivity (Wildman–Crippen MR) is 123 cm³/mol. The summed E-state index contributed by atoms with van der Waals surface area (Å²) in [7, 11) is 1.62. The normalized spacial score (nSPS) is 10.8. The van der Waals surface area contributed by atoms with Gasteiger partial charge in [-0.15, -0.1) is 15.3 Å². The number of nitrogens with zero attached hydrogens (tertiary/aromatic N) is 4. The van der Waals surface area contributed by atoms with Gasteiger partial charge in [-0.2, -0.15) is 4.52 Å². The molecular weight excluding hydrogens is 422 g/mol. The SMILES string of the molecule is COc1ccc(-c2nnc3ccc(OCCNC(=O)COc4cc(C)cc(C)c4)nn23)cc1. The van der Waals surface area contributed by atoms with E-state index in [9.17, 15) is 4.79 Å². The van der Waals surface area contributed by atoms with Gasteiger partial charge in [0.25, 0.3) is 5.91 Å². The van der Waals surface area contributed by atoms with Gasteiger partial charge >= 0.3 is 0 Å². The fourth-order valence-electron chi connectivity index (χ4n) is 3.33. The molecular formula is C24H25N5O4. The second-order valence-corrected chi connectivity index (χ2v) is 7.50. The molecule has 0 radical (unpaired) electrons. The Morgan fingerprint density at radius 3 is 2.42 bits per heavy atom. The zero-order chi connectivity index (χ0) is 23.2. The van der Waals surface area contributed by atoms with Crippen LogP contribution in [-0.4, -0.2) is 52.6 Å². The van der Waals surface area contributed by atoms with Crippen LogP contribution >= 0.6 is 0 Å². The van der Waals surface area contributed by atoms with E-state index >= 15 is 0 Å². The minimum Gasteiger partial charge on any atom is -0.497 e. The molecule has 0 bridgehead atoms. The maximum absolute atomic E-state index is 12.0. The maximum Gasteiger partial charge on any atom is 0.258 e. The van der Waals surface area contributed by atoms with Crippen LogP contribution in [0, 0.1) is 13.8 Å². The Hall–Kier alpha value is -4.14. The Kier molecular flexibility index (Phi) is 6.68. The van der Waals surface area contributed by atoms with E-state index in [0.29, 0.717) is 29.6 Å². The molecule has 0 spiro atoms. The molecule has 170 valence electrons. The molecule has 4 rings (SSSR count). The number of carbonyl (C=O) groups is 1. The number of rotatable bonds is 9. The summed E-state index contributed by atoms with van der Waals surface area (Å²) in [4.78, 5) is 12.0. The number of nitrogens with one attached hydrogen (secondary N) is 1. The number of fused-ring (bicyclic) bond motifs is 1. The summed E-state index contributed by atoms with van der Waals surface area (Å²) < 4.78 is 18.1. The van der Waals surface area contributed by atoms with E-state index in [-0.39, 0.29) is 19.1 Å². The second-order valence-electron chi connectivity index (χ2n) is 7.50. The summed E-state index contributed by atoms with van der Waals surface area (Å²) in [5.74, 6) is 2.21. The highest BCUT2D eigenvalue weighted by Crippen LogP contribution is 2.22. The summed E-state index contributed by atoms with van der Waals surface area (Å²) in [5, 5.41) is 15.6. The van der Waals surface area contributed by atoms with Crippen LogP contribution in [0.1, 0.15) is 11.1 Å². The van der Waals surface area contributed by atoms with E-state index in [1.165, 1.54) is 0 Å². The van der Waals surface area contributed by atoms with Gasteiger partial charge in [-0.3, -0.25) is 4.79 Å². The zero-order valence-corrected chi connectivity index (χ0v) is 18.7. The van der Waals surface area contributed by atoms with Crippen molar-refractivity contribution in [3.05, 3.63) is 65.7 Å². The first-order valence-corrected chi connectivity index (χ1v) is 10.5. The van der Waals surface area contributed by atoms with E-state index in [0.717, 1.165) is 22.4 Å². The van der Waals surface area contributed by atoms with E-state index in [4.69, 9.17) is 14.2 Å². The van der Waals surface area contributed by atoms with E-state index in [1.54, 1.807) is 23.8 Å². The maximum atomic E-state index is 12.0. The van der Waals surface area contributed by atoms with Gasteiger partial charge < -0.3 is 19.5 Å². The minimum absolute atomic E-state index is 0.0565. The number of benzene rings is 2. The number of hydrogen-bond acceptors (Lipinski definition) is 7. The molecule has 9 heteroatoms. The van der Waals surface area contributed by atoms with Crippen molar-refractivity contribution >= 4 is 11.6 Å². The van der Waals surface area contributed by atoms with Crippen LogP contribution in [0.5, 0.6) is 17.4 Å². The van der Waals surface area contributed by atoms with Crippen LogP contribution in [-0.2, 0) is 4.79 Å². The highest BCUT2D eigenvalue weighted by Gasteiger charge is 2.11. The molecule has 0 unspecified atom stereocenters. The lowest BCUT2D eigenvalue weighted by molar-refractivity contribution is -0.123. The third-order valence-corrected chi connectivity index (χ3v) is 4.83. The van der Waals surface area contributed by atoms with E-state index in [2.05, 4.69) is 26.7 Å². The predicted octanol–water partition coefficient (Wildman–Crippen LogP) is 2.99. The quantitative estimate of drug-likeness (QED) is 0.394. The molecule has 0 saturated carbocycles. The van der Waals surface area contributed by atoms with Gasteiger partial charge in [0.2, 0.25) is 5.88 Å². The van der Waals surface area contributed by atoms with Gasteiger partial charge in [0.1, 0.15) is 18.1 Å². The summed E-state index contributed by atoms with van der Waals surface area (Å²) >= 11 is 0. The molecule has 0 saturated heterocycles. The summed E-state index contributed by atoms with van der Waals surface area (Å²) in [5.41, 5.74) is 3.63. The second kappa shape index (κ2) is 9.99. The van der Waals surface area contributed by atoms with Crippen molar-refractivity contribution in [2.24, 2.45) is 0 Å². The van der Waals surface area contributed by atoms with Crippen molar-refractivity contribution < 1.29 is 19.0 Å². The van der Waals surface area contributed by atoms with Gasteiger partial charge in [0.15, 0.2) is 18.1 Å². The van der Waals surface area contributed by atoms with Crippen molar-refractivity contribution in [3.63, 3.8) is 0 Å². The summed E-state index contributed by atoms with van der Waals surface area (Å²) in [6.07, 6.45) is 0. The number of aryl methyl sites for hydroxylation is 2. The Balaban J connectivity index is 1.29. The average molecular weight is 447 g/mol. The number of amides is 1. The van der Waals surface area contributed by atoms with Gasteiger partial charge in [0, 0.05) is 11.6 Å². The largest absolute Gasteiger partial charge is 0.497 e. The van der Waals surface area contributed by atoms with Crippen LogP contribution in [0.3, 0.4) is 0 Å². The highest BCUT2D eigenvalue weighted by atomic mass is 16.5. The van der Waals surface area contributed by atoms with Crippen molar-refractivity contribution in [2.45, 2.75) is 13.8 Å². The van der Waals surface area contributed by atoms with Crippen LogP contribution in [0.4, 0.5) is 0 Å². The smallest absolute Gasteiger partial charge is 0.258 e. The summed E-state index contributed by atoms with van der Waals surface area (Å²) in [6.45, 7) is 4.50. The highest BCUT2D eigenvalue weighted by molar-refractivity contribution is 5.77. The van der Waals surface area contributed by atoms with Crippen LogP contribution in [0.2, 0.25) is 0 Å². The Bertz CT molecular complexity index is 1230. The first kappa shape index (κ1) is 22.1. The van der Waals surface area contributed by atoms with Crippen LogP contribution in [0.25, 0.3) is 17.0 Å². The molecule has 0 aliphatic heterocycles. The van der Waals surface area contributed by atoms with Crippen molar-refractivity contribution in [3.8, 4) is 28.8 Å². The molecule has 2 aromatic carbocycles. The summed E-state index contributed by atoms with van der Waals surface area (Å²) in [6, 6.07) is 16.8. The first-order chi connectivity index (χ1) is 16.0. The van der Waals surface area contributed by atoms with E-state index in [1.807, 2.05) is 50.2 Å². The minimum atomic E-state index is -0.221.